The molecule has 0 unspecified atom stereocenters. The van der Waals surface area contributed by atoms with Crippen molar-refractivity contribution in [2.24, 2.45) is 0 Å². The first kappa shape index (κ1) is 22.1. The van der Waals surface area contributed by atoms with Crippen molar-refractivity contribution in [3.8, 4) is 11.5 Å². The Bertz CT molecular complexity index is 802. The molecule has 1 N–H and O–H groups in total. The molecule has 0 fully saturated rings. The van der Waals surface area contributed by atoms with E-state index in [0.29, 0.717) is 23.1 Å². The van der Waals surface area contributed by atoms with Gasteiger partial charge in [0.05, 0.1) is 13.2 Å². The Morgan fingerprint density at radius 2 is 1.75 bits per heavy atom. The van der Waals surface area contributed by atoms with E-state index in [1.165, 1.54) is 0 Å². The molecule has 4 nitrogen and oxygen atoms in total. The van der Waals surface area contributed by atoms with Gasteiger partial charge in [0, 0.05) is 5.02 Å². The van der Waals surface area contributed by atoms with E-state index in [-0.39, 0.29) is 11.9 Å². The Hall–Kier alpha value is -2.20. The fraction of sp³-hybridized carbons (Fsp3) is 0.435. The minimum Gasteiger partial charge on any atom is -0.496 e. The molecule has 0 aromatic heterocycles. The van der Waals surface area contributed by atoms with Gasteiger partial charge in [0.15, 0.2) is 6.10 Å². The van der Waals surface area contributed by atoms with E-state index in [1.54, 1.807) is 31.4 Å². The van der Waals surface area contributed by atoms with Crippen LogP contribution in [-0.2, 0) is 4.79 Å². The van der Waals surface area contributed by atoms with E-state index in [0.717, 1.165) is 22.4 Å². The molecule has 2 rings (SSSR count). The van der Waals surface area contributed by atoms with Crippen LogP contribution in [0.4, 0.5) is 0 Å². The molecule has 0 saturated heterocycles. The molecule has 1 amide bonds. The summed E-state index contributed by atoms with van der Waals surface area (Å²) in [5.41, 5.74) is 3.30. The number of aryl methyl sites for hydroxylation is 1. The second kappa shape index (κ2) is 9.83. The lowest BCUT2D eigenvalue weighted by molar-refractivity contribution is -0.128. The minimum absolute atomic E-state index is 0.133. The number of hydrogen-bond acceptors (Lipinski definition) is 3. The normalized spacial score (nSPS) is 13.1. The van der Waals surface area contributed by atoms with Gasteiger partial charge in [0.25, 0.3) is 5.91 Å². The Kier molecular flexibility index (Phi) is 7.76. The van der Waals surface area contributed by atoms with Gasteiger partial charge < -0.3 is 14.8 Å². The summed E-state index contributed by atoms with van der Waals surface area (Å²) in [5.74, 6) is 1.70. The van der Waals surface area contributed by atoms with Crippen molar-refractivity contribution in [2.75, 3.05) is 7.11 Å². The van der Waals surface area contributed by atoms with Gasteiger partial charge in [-0.1, -0.05) is 32.4 Å². The van der Waals surface area contributed by atoms with Crippen molar-refractivity contribution in [1.82, 2.24) is 5.32 Å². The largest absolute Gasteiger partial charge is 0.496 e. The Labute approximate surface area is 173 Å². The van der Waals surface area contributed by atoms with Crippen LogP contribution in [0, 0.1) is 6.92 Å². The highest BCUT2D eigenvalue weighted by molar-refractivity contribution is 6.30. The third-order valence-electron chi connectivity index (χ3n) is 4.82. The third-order valence-corrected chi connectivity index (χ3v) is 5.07. The molecule has 0 aliphatic rings. The second-order valence-corrected chi connectivity index (χ2v) is 7.74. The Morgan fingerprint density at radius 3 is 2.29 bits per heavy atom. The second-order valence-electron chi connectivity index (χ2n) is 7.30. The molecule has 0 spiro atoms. The minimum atomic E-state index is -0.563. The number of nitrogens with one attached hydrogen (secondary N) is 1. The zero-order valence-corrected chi connectivity index (χ0v) is 18.3. The maximum Gasteiger partial charge on any atom is 0.261 e. The average Bonchev–Trinajstić information content (AvgIpc) is 2.66. The van der Waals surface area contributed by atoms with Gasteiger partial charge in [0.1, 0.15) is 11.5 Å². The van der Waals surface area contributed by atoms with Gasteiger partial charge in [-0.15, -0.1) is 0 Å². The van der Waals surface area contributed by atoms with Crippen LogP contribution in [0.5, 0.6) is 11.5 Å². The Morgan fingerprint density at radius 1 is 1.11 bits per heavy atom. The fourth-order valence-electron chi connectivity index (χ4n) is 3.19. The summed E-state index contributed by atoms with van der Waals surface area (Å²) in [6.07, 6.45) is 0.00627. The first-order valence-corrected chi connectivity index (χ1v) is 10.1. The molecule has 0 radical (unpaired) electrons. The maximum absolute atomic E-state index is 12.8. The zero-order chi connectivity index (χ0) is 20.8. The number of benzene rings is 2. The third kappa shape index (κ3) is 5.41. The summed E-state index contributed by atoms with van der Waals surface area (Å²) in [4.78, 5) is 12.8. The number of carbonyl (C=O) groups excluding carboxylic acids is 1. The van der Waals surface area contributed by atoms with Gasteiger partial charge in [-0.2, -0.15) is 0 Å². The Balaban J connectivity index is 2.15. The lowest BCUT2D eigenvalue weighted by atomic mass is 9.93. The quantitative estimate of drug-likeness (QED) is 0.604. The van der Waals surface area contributed by atoms with Crippen LogP contribution in [0.15, 0.2) is 36.4 Å². The molecule has 2 aromatic rings. The number of methoxy groups -OCH3 is 1. The van der Waals surface area contributed by atoms with E-state index in [1.807, 2.05) is 26.8 Å². The monoisotopic (exact) mass is 403 g/mol. The van der Waals surface area contributed by atoms with Crippen molar-refractivity contribution >= 4 is 17.5 Å². The van der Waals surface area contributed by atoms with Crippen molar-refractivity contribution < 1.29 is 14.3 Å². The van der Waals surface area contributed by atoms with Gasteiger partial charge in [-0.3, -0.25) is 4.79 Å². The summed E-state index contributed by atoms with van der Waals surface area (Å²) >= 11 is 5.91. The summed E-state index contributed by atoms with van der Waals surface area (Å²) < 4.78 is 11.4. The molecular weight excluding hydrogens is 374 g/mol. The van der Waals surface area contributed by atoms with Crippen molar-refractivity contribution in [3.63, 3.8) is 0 Å². The predicted octanol–water partition coefficient (Wildman–Crippen LogP) is 5.82. The van der Waals surface area contributed by atoms with E-state index in [2.05, 4.69) is 25.2 Å². The topological polar surface area (TPSA) is 47.6 Å². The summed E-state index contributed by atoms with van der Waals surface area (Å²) in [5, 5.41) is 3.73. The molecule has 0 aliphatic heterocycles. The molecule has 0 heterocycles. The molecule has 2 aromatic carbocycles. The lowest BCUT2D eigenvalue weighted by Crippen LogP contribution is -2.39. The highest BCUT2D eigenvalue weighted by Crippen LogP contribution is 2.32. The molecule has 152 valence electrons. The molecule has 0 aliphatic carbocycles. The summed E-state index contributed by atoms with van der Waals surface area (Å²) in [7, 11) is 1.69. The smallest absolute Gasteiger partial charge is 0.261 e. The van der Waals surface area contributed by atoms with Gasteiger partial charge >= 0.3 is 0 Å². The molecule has 2 atom stereocenters. The maximum atomic E-state index is 12.8. The average molecular weight is 404 g/mol. The van der Waals surface area contributed by atoms with Crippen LogP contribution in [-0.4, -0.2) is 19.1 Å². The highest BCUT2D eigenvalue weighted by atomic mass is 35.5. The van der Waals surface area contributed by atoms with Crippen LogP contribution in [0.1, 0.15) is 62.8 Å². The SMILES string of the molecule is CC[C@@H](Oc1ccc(Cl)cc1)C(=O)N[C@@H](C)c1cc(C(C)C)c(OC)cc1C. The standard InChI is InChI=1S/C23H30ClNO3/c1-7-21(28-18-10-8-17(24)9-11-18)23(26)25-16(5)20-13-19(14(2)3)22(27-6)12-15(20)4/h8-14,16,21H,7H2,1-6H3,(H,25,26)/t16-,21+/m0/s1. The van der Waals surface area contributed by atoms with Crippen LogP contribution in [0.2, 0.25) is 5.02 Å². The molecule has 0 bridgehead atoms. The molecule has 28 heavy (non-hydrogen) atoms. The van der Waals surface area contributed by atoms with Crippen molar-refractivity contribution in [2.45, 2.75) is 59.1 Å². The van der Waals surface area contributed by atoms with E-state index in [9.17, 15) is 4.79 Å². The summed E-state index contributed by atoms with van der Waals surface area (Å²) in [6, 6.07) is 11.1. The van der Waals surface area contributed by atoms with E-state index < -0.39 is 6.10 Å². The molecular formula is C23H30ClNO3. The molecule has 0 saturated carbocycles. The number of carbonyl (C=O) groups is 1. The van der Waals surface area contributed by atoms with Crippen LogP contribution in [0.25, 0.3) is 0 Å². The van der Waals surface area contributed by atoms with Gasteiger partial charge in [-0.25, -0.2) is 0 Å². The highest BCUT2D eigenvalue weighted by Gasteiger charge is 2.22. The number of halogens is 1. The van der Waals surface area contributed by atoms with Crippen LogP contribution in [0.3, 0.4) is 0 Å². The van der Waals surface area contributed by atoms with Gasteiger partial charge in [-0.05, 0) is 79.3 Å². The lowest BCUT2D eigenvalue weighted by Gasteiger charge is -2.23. The fourth-order valence-corrected chi connectivity index (χ4v) is 3.32. The van der Waals surface area contributed by atoms with Crippen molar-refractivity contribution in [3.05, 3.63) is 58.1 Å². The predicted molar refractivity (Wildman–Crippen MR) is 115 cm³/mol. The first-order chi connectivity index (χ1) is 13.3. The number of amides is 1. The van der Waals surface area contributed by atoms with Crippen molar-refractivity contribution in [1.29, 1.82) is 0 Å². The zero-order valence-electron chi connectivity index (χ0n) is 17.5. The van der Waals surface area contributed by atoms with Gasteiger partial charge in [0.2, 0.25) is 0 Å². The number of hydrogen-bond donors (Lipinski definition) is 1. The first-order valence-electron chi connectivity index (χ1n) is 9.67. The number of rotatable bonds is 8. The molecule has 5 heteroatoms. The van der Waals surface area contributed by atoms with E-state index in [4.69, 9.17) is 21.1 Å². The summed E-state index contributed by atoms with van der Waals surface area (Å²) in [6.45, 7) is 10.2. The van der Waals surface area contributed by atoms with Crippen LogP contribution < -0.4 is 14.8 Å². The number of ether oxygens (including phenoxy) is 2. The van der Waals surface area contributed by atoms with E-state index >= 15 is 0 Å². The van der Waals surface area contributed by atoms with Crippen LogP contribution >= 0.6 is 11.6 Å².